The molecule has 0 saturated carbocycles. The Bertz CT molecular complexity index is 843. The Hall–Kier alpha value is -2.66. The number of aliphatic hydroxyl groups excluding tert-OH is 1. The molecule has 5 nitrogen and oxygen atoms in total. The van der Waals surface area contributed by atoms with Gasteiger partial charge < -0.3 is 14.6 Å². The summed E-state index contributed by atoms with van der Waals surface area (Å²) in [6, 6.07) is 17.8. The maximum atomic E-state index is 12.7. The van der Waals surface area contributed by atoms with Crippen LogP contribution in [0.3, 0.4) is 0 Å². The molecule has 0 aliphatic heterocycles. The number of amides is 1. The van der Waals surface area contributed by atoms with E-state index in [0.717, 1.165) is 22.4 Å². The number of hydrogen-bond donors (Lipinski definition) is 1. The Morgan fingerprint density at radius 1 is 1.12 bits per heavy atom. The van der Waals surface area contributed by atoms with Crippen LogP contribution < -0.4 is 0 Å². The number of imidazole rings is 1. The molecule has 0 unspecified atom stereocenters. The van der Waals surface area contributed by atoms with Crippen molar-refractivity contribution in [1.82, 2.24) is 14.5 Å². The van der Waals surface area contributed by atoms with E-state index < -0.39 is 0 Å². The zero-order valence-corrected chi connectivity index (χ0v) is 14.4. The highest BCUT2D eigenvalue weighted by molar-refractivity contribution is 5.81. The van der Waals surface area contributed by atoms with E-state index in [9.17, 15) is 4.79 Å². The average Bonchev–Trinajstić information content (AvgIpc) is 2.98. The van der Waals surface area contributed by atoms with Gasteiger partial charge in [-0.3, -0.25) is 4.79 Å². The number of aryl methyl sites for hydroxylation is 1. The number of hydrogen-bond acceptors (Lipinski definition) is 3. The van der Waals surface area contributed by atoms with Crippen LogP contribution in [0.25, 0.3) is 11.0 Å². The van der Waals surface area contributed by atoms with E-state index in [0.29, 0.717) is 19.4 Å². The third kappa shape index (κ3) is 4.06. The quantitative estimate of drug-likeness (QED) is 0.721. The molecule has 0 saturated heterocycles. The third-order valence-corrected chi connectivity index (χ3v) is 4.27. The van der Waals surface area contributed by atoms with Crippen molar-refractivity contribution < 1.29 is 9.90 Å². The summed E-state index contributed by atoms with van der Waals surface area (Å²) >= 11 is 0. The SMILES string of the molecule is CN(Cc1ccccc1)C(=O)Cn1c(CCCO)nc2ccccc21. The molecule has 0 fully saturated rings. The molecule has 0 spiro atoms. The van der Waals surface area contributed by atoms with Gasteiger partial charge in [-0.1, -0.05) is 42.5 Å². The second-order valence-electron chi connectivity index (χ2n) is 6.17. The van der Waals surface area contributed by atoms with Gasteiger partial charge in [0.1, 0.15) is 12.4 Å². The van der Waals surface area contributed by atoms with Gasteiger partial charge in [0.15, 0.2) is 0 Å². The minimum atomic E-state index is 0.0391. The summed E-state index contributed by atoms with van der Waals surface area (Å²) in [6.07, 6.45) is 1.29. The number of fused-ring (bicyclic) bond motifs is 1. The fourth-order valence-electron chi connectivity index (χ4n) is 2.93. The standard InChI is InChI=1S/C20H23N3O2/c1-22(14-16-8-3-2-4-9-16)20(25)15-23-18-11-6-5-10-17(18)21-19(23)12-7-13-24/h2-6,8-11,24H,7,12-15H2,1H3. The van der Waals surface area contributed by atoms with E-state index >= 15 is 0 Å². The number of para-hydroxylation sites is 2. The molecule has 2 aromatic carbocycles. The number of likely N-dealkylation sites (N-methyl/N-ethyl adjacent to an activating group) is 1. The summed E-state index contributed by atoms with van der Waals surface area (Å²) in [5.41, 5.74) is 2.94. The van der Waals surface area contributed by atoms with E-state index in [1.54, 1.807) is 4.90 Å². The first kappa shape index (κ1) is 17.2. The maximum absolute atomic E-state index is 12.7. The second kappa shape index (κ2) is 7.94. The van der Waals surface area contributed by atoms with Crippen LogP contribution in [-0.4, -0.2) is 39.1 Å². The van der Waals surface area contributed by atoms with Gasteiger partial charge in [0, 0.05) is 26.6 Å². The van der Waals surface area contributed by atoms with Crippen molar-refractivity contribution in [2.45, 2.75) is 25.9 Å². The van der Waals surface area contributed by atoms with Crippen LogP contribution in [-0.2, 0) is 24.3 Å². The molecule has 0 aliphatic rings. The summed E-state index contributed by atoms with van der Waals surface area (Å²) in [5, 5.41) is 9.12. The first-order chi connectivity index (χ1) is 12.2. The number of aliphatic hydroxyl groups is 1. The van der Waals surface area contributed by atoms with Crippen molar-refractivity contribution in [1.29, 1.82) is 0 Å². The molecule has 0 aliphatic carbocycles. The molecule has 0 radical (unpaired) electrons. The number of carbonyl (C=O) groups excluding carboxylic acids is 1. The van der Waals surface area contributed by atoms with E-state index in [1.807, 2.05) is 66.2 Å². The van der Waals surface area contributed by atoms with Crippen LogP contribution in [0.4, 0.5) is 0 Å². The first-order valence-corrected chi connectivity index (χ1v) is 8.52. The van der Waals surface area contributed by atoms with Gasteiger partial charge in [0.25, 0.3) is 0 Å². The fraction of sp³-hybridized carbons (Fsp3) is 0.300. The normalized spacial score (nSPS) is 11.0. The molecule has 3 rings (SSSR count). The molecular formula is C20H23N3O2. The lowest BCUT2D eigenvalue weighted by atomic mass is 10.2. The zero-order chi connectivity index (χ0) is 17.6. The molecule has 130 valence electrons. The Kier molecular flexibility index (Phi) is 5.46. The molecule has 1 heterocycles. The molecule has 3 aromatic rings. The summed E-state index contributed by atoms with van der Waals surface area (Å²) in [6.45, 7) is 0.952. The van der Waals surface area contributed by atoms with Gasteiger partial charge >= 0.3 is 0 Å². The van der Waals surface area contributed by atoms with E-state index in [-0.39, 0.29) is 19.1 Å². The summed E-state index contributed by atoms with van der Waals surface area (Å²) < 4.78 is 1.97. The van der Waals surface area contributed by atoms with Gasteiger partial charge in [-0.15, -0.1) is 0 Å². The predicted molar refractivity (Wildman–Crippen MR) is 98.1 cm³/mol. The second-order valence-corrected chi connectivity index (χ2v) is 6.17. The minimum Gasteiger partial charge on any atom is -0.396 e. The monoisotopic (exact) mass is 337 g/mol. The Balaban J connectivity index is 1.79. The van der Waals surface area contributed by atoms with Crippen LogP contribution in [0, 0.1) is 0 Å². The van der Waals surface area contributed by atoms with Gasteiger partial charge in [0.2, 0.25) is 5.91 Å². The molecular weight excluding hydrogens is 314 g/mol. The number of nitrogens with zero attached hydrogens (tertiary/aromatic N) is 3. The molecule has 0 atom stereocenters. The van der Waals surface area contributed by atoms with Crippen molar-refractivity contribution in [3.63, 3.8) is 0 Å². The number of benzene rings is 2. The van der Waals surface area contributed by atoms with Crippen molar-refractivity contribution in [3.8, 4) is 0 Å². The summed E-state index contributed by atoms with van der Waals surface area (Å²) in [7, 11) is 1.82. The fourth-order valence-corrected chi connectivity index (χ4v) is 2.93. The van der Waals surface area contributed by atoms with Gasteiger partial charge in [-0.05, 0) is 24.1 Å². The molecule has 5 heteroatoms. The van der Waals surface area contributed by atoms with Gasteiger partial charge in [-0.25, -0.2) is 4.98 Å². The van der Waals surface area contributed by atoms with E-state index in [4.69, 9.17) is 5.11 Å². The van der Waals surface area contributed by atoms with Crippen molar-refractivity contribution in [2.75, 3.05) is 13.7 Å². The lowest BCUT2D eigenvalue weighted by Crippen LogP contribution is -2.30. The Morgan fingerprint density at radius 2 is 1.84 bits per heavy atom. The van der Waals surface area contributed by atoms with Crippen molar-refractivity contribution in [3.05, 3.63) is 66.0 Å². The summed E-state index contributed by atoms with van der Waals surface area (Å²) in [4.78, 5) is 19.1. The van der Waals surface area contributed by atoms with Crippen LogP contribution in [0.5, 0.6) is 0 Å². The number of rotatable bonds is 7. The number of aromatic nitrogens is 2. The topological polar surface area (TPSA) is 58.4 Å². The highest BCUT2D eigenvalue weighted by Crippen LogP contribution is 2.17. The summed E-state index contributed by atoms with van der Waals surface area (Å²) in [5.74, 6) is 0.883. The highest BCUT2D eigenvalue weighted by atomic mass is 16.3. The molecule has 1 aromatic heterocycles. The van der Waals surface area contributed by atoms with Crippen LogP contribution >= 0.6 is 0 Å². The van der Waals surface area contributed by atoms with E-state index in [1.165, 1.54) is 0 Å². The Morgan fingerprint density at radius 3 is 2.60 bits per heavy atom. The number of carbonyl (C=O) groups is 1. The predicted octanol–water partition coefficient (Wildman–Crippen LogP) is 2.62. The van der Waals surface area contributed by atoms with E-state index in [2.05, 4.69) is 4.98 Å². The van der Waals surface area contributed by atoms with Crippen molar-refractivity contribution >= 4 is 16.9 Å². The molecule has 25 heavy (non-hydrogen) atoms. The molecule has 0 bridgehead atoms. The van der Waals surface area contributed by atoms with Crippen molar-refractivity contribution in [2.24, 2.45) is 0 Å². The Labute approximate surface area is 147 Å². The lowest BCUT2D eigenvalue weighted by molar-refractivity contribution is -0.131. The maximum Gasteiger partial charge on any atom is 0.242 e. The van der Waals surface area contributed by atoms with Gasteiger partial charge in [-0.2, -0.15) is 0 Å². The molecule has 1 N–H and O–H groups in total. The van der Waals surface area contributed by atoms with Gasteiger partial charge in [0.05, 0.1) is 11.0 Å². The highest BCUT2D eigenvalue weighted by Gasteiger charge is 2.16. The largest absolute Gasteiger partial charge is 0.396 e. The average molecular weight is 337 g/mol. The van der Waals surface area contributed by atoms with Crippen LogP contribution in [0.1, 0.15) is 17.8 Å². The smallest absolute Gasteiger partial charge is 0.242 e. The van der Waals surface area contributed by atoms with Crippen LogP contribution in [0.15, 0.2) is 54.6 Å². The first-order valence-electron chi connectivity index (χ1n) is 8.52. The molecule has 1 amide bonds. The zero-order valence-electron chi connectivity index (χ0n) is 14.4. The lowest BCUT2D eigenvalue weighted by Gasteiger charge is -2.19. The van der Waals surface area contributed by atoms with Crippen LogP contribution in [0.2, 0.25) is 0 Å². The minimum absolute atomic E-state index is 0.0391. The third-order valence-electron chi connectivity index (χ3n) is 4.27.